The van der Waals surface area contributed by atoms with Gasteiger partial charge in [-0.15, -0.1) is 0 Å². The molecule has 2 aromatic rings. The highest BCUT2D eigenvalue weighted by molar-refractivity contribution is 5.88. The summed E-state index contributed by atoms with van der Waals surface area (Å²) in [7, 11) is 0. The Morgan fingerprint density at radius 1 is 1.41 bits per heavy atom. The molecule has 6 heteroatoms. The number of amides is 2. The molecule has 2 N–H and O–H groups in total. The van der Waals surface area contributed by atoms with Gasteiger partial charge in [-0.2, -0.15) is 0 Å². The summed E-state index contributed by atoms with van der Waals surface area (Å²) in [5.74, 6) is 1.08. The molecule has 0 saturated carbocycles. The smallest absolute Gasteiger partial charge is 0.323 e. The van der Waals surface area contributed by atoms with Crippen LogP contribution in [0, 0.1) is 12.8 Å². The number of urea groups is 1. The highest BCUT2D eigenvalue weighted by atomic mass is 16.5. The number of aliphatic hydroxyl groups excluding tert-OH is 1. The van der Waals surface area contributed by atoms with Gasteiger partial charge in [-0.3, -0.25) is 5.32 Å². The van der Waals surface area contributed by atoms with Crippen molar-refractivity contribution in [1.29, 1.82) is 0 Å². The number of aromatic nitrogens is 1. The van der Waals surface area contributed by atoms with Crippen molar-refractivity contribution >= 4 is 11.8 Å². The van der Waals surface area contributed by atoms with Crippen molar-refractivity contribution < 1.29 is 14.4 Å². The second-order valence-corrected chi connectivity index (χ2v) is 5.68. The largest absolute Gasteiger partial charge is 0.391 e. The molecular formula is C16H19N3O3. The number of rotatable bonds is 3. The van der Waals surface area contributed by atoms with E-state index in [2.05, 4.69) is 10.5 Å². The maximum absolute atomic E-state index is 12.2. The summed E-state index contributed by atoms with van der Waals surface area (Å²) in [5.41, 5.74) is 1.17. The van der Waals surface area contributed by atoms with Crippen LogP contribution in [0.5, 0.6) is 0 Å². The van der Waals surface area contributed by atoms with E-state index in [0.29, 0.717) is 24.7 Å². The van der Waals surface area contributed by atoms with Crippen LogP contribution in [0.4, 0.5) is 10.6 Å². The van der Waals surface area contributed by atoms with E-state index in [9.17, 15) is 9.90 Å². The maximum atomic E-state index is 12.2. The van der Waals surface area contributed by atoms with Gasteiger partial charge in [0.2, 0.25) is 0 Å². The van der Waals surface area contributed by atoms with Crippen LogP contribution >= 0.6 is 0 Å². The van der Waals surface area contributed by atoms with Crippen molar-refractivity contribution in [3.8, 4) is 0 Å². The van der Waals surface area contributed by atoms with Crippen molar-refractivity contribution in [2.24, 2.45) is 5.92 Å². The summed E-state index contributed by atoms with van der Waals surface area (Å²) in [6.45, 7) is 2.62. The fourth-order valence-electron chi connectivity index (χ4n) is 2.75. The Balaban J connectivity index is 1.59. The molecule has 2 atom stereocenters. The van der Waals surface area contributed by atoms with E-state index in [4.69, 9.17) is 4.52 Å². The Labute approximate surface area is 128 Å². The quantitative estimate of drug-likeness (QED) is 0.909. The molecule has 1 aliphatic heterocycles. The molecule has 2 amide bonds. The molecule has 1 fully saturated rings. The van der Waals surface area contributed by atoms with E-state index >= 15 is 0 Å². The van der Waals surface area contributed by atoms with Crippen LogP contribution < -0.4 is 5.32 Å². The molecule has 22 heavy (non-hydrogen) atoms. The first-order valence-electron chi connectivity index (χ1n) is 7.33. The fraction of sp³-hybridized carbons (Fsp3) is 0.375. The Bertz CT molecular complexity index is 641. The molecule has 1 aromatic carbocycles. The van der Waals surface area contributed by atoms with E-state index in [1.165, 1.54) is 5.56 Å². The molecule has 0 radical (unpaired) electrons. The third-order valence-corrected chi connectivity index (χ3v) is 3.90. The van der Waals surface area contributed by atoms with E-state index in [-0.39, 0.29) is 11.9 Å². The lowest BCUT2D eigenvalue weighted by Crippen LogP contribution is -2.33. The van der Waals surface area contributed by atoms with E-state index in [0.717, 1.165) is 6.42 Å². The molecule has 6 nitrogen and oxygen atoms in total. The lowest BCUT2D eigenvalue weighted by Gasteiger charge is -2.15. The van der Waals surface area contributed by atoms with Crippen LogP contribution in [0.15, 0.2) is 40.9 Å². The predicted octanol–water partition coefficient (Wildman–Crippen LogP) is 2.05. The number of likely N-dealkylation sites (tertiary alicyclic amines) is 1. The van der Waals surface area contributed by atoms with Crippen LogP contribution in [0.25, 0.3) is 0 Å². The number of carbonyl (C=O) groups excluding carboxylic acids is 1. The minimum atomic E-state index is -0.509. The van der Waals surface area contributed by atoms with E-state index < -0.39 is 6.10 Å². The maximum Gasteiger partial charge on any atom is 0.323 e. The second kappa shape index (κ2) is 6.19. The number of benzene rings is 1. The monoisotopic (exact) mass is 301 g/mol. The van der Waals surface area contributed by atoms with Gasteiger partial charge >= 0.3 is 6.03 Å². The van der Waals surface area contributed by atoms with Gasteiger partial charge in [-0.05, 0) is 18.9 Å². The molecule has 1 aliphatic rings. The number of carbonyl (C=O) groups is 1. The molecule has 1 aromatic heterocycles. The van der Waals surface area contributed by atoms with Crippen LogP contribution in [0.2, 0.25) is 0 Å². The topological polar surface area (TPSA) is 78.6 Å². The number of aliphatic hydroxyl groups is 1. The average molecular weight is 301 g/mol. The second-order valence-electron chi connectivity index (χ2n) is 5.68. The number of aryl methyl sites for hydroxylation is 1. The first kappa shape index (κ1) is 14.6. The van der Waals surface area contributed by atoms with Gasteiger partial charge in [0.05, 0.1) is 6.10 Å². The molecule has 0 unspecified atom stereocenters. The number of anilines is 1. The van der Waals surface area contributed by atoms with Gasteiger partial charge in [0.15, 0.2) is 5.82 Å². The average Bonchev–Trinajstić information content (AvgIpc) is 3.07. The fourth-order valence-corrected chi connectivity index (χ4v) is 2.75. The molecule has 1 saturated heterocycles. The van der Waals surface area contributed by atoms with Crippen LogP contribution in [-0.2, 0) is 6.42 Å². The first-order chi connectivity index (χ1) is 10.6. The molecule has 0 spiro atoms. The zero-order valence-corrected chi connectivity index (χ0v) is 12.4. The number of hydrogen-bond donors (Lipinski definition) is 2. The van der Waals surface area contributed by atoms with Crippen molar-refractivity contribution in [3.63, 3.8) is 0 Å². The summed E-state index contributed by atoms with van der Waals surface area (Å²) < 4.78 is 4.92. The highest BCUT2D eigenvalue weighted by Crippen LogP contribution is 2.22. The molecule has 2 heterocycles. The van der Waals surface area contributed by atoms with Crippen molar-refractivity contribution in [2.45, 2.75) is 19.4 Å². The lowest BCUT2D eigenvalue weighted by molar-refractivity contribution is 0.143. The Morgan fingerprint density at radius 3 is 2.86 bits per heavy atom. The third kappa shape index (κ3) is 3.28. The van der Waals surface area contributed by atoms with Crippen LogP contribution in [0.1, 0.15) is 11.3 Å². The summed E-state index contributed by atoms with van der Waals surface area (Å²) >= 11 is 0. The van der Waals surface area contributed by atoms with Crippen LogP contribution in [-0.4, -0.2) is 40.4 Å². The Hall–Kier alpha value is -2.34. The summed E-state index contributed by atoms with van der Waals surface area (Å²) in [4.78, 5) is 13.8. The highest BCUT2D eigenvalue weighted by Gasteiger charge is 2.34. The molecule has 0 aliphatic carbocycles. The molecule has 0 bridgehead atoms. The van der Waals surface area contributed by atoms with Crippen LogP contribution in [0.3, 0.4) is 0 Å². The van der Waals surface area contributed by atoms with Gasteiger partial charge < -0.3 is 14.5 Å². The lowest BCUT2D eigenvalue weighted by atomic mass is 9.97. The van der Waals surface area contributed by atoms with Gasteiger partial charge in [0, 0.05) is 25.1 Å². The number of nitrogens with one attached hydrogen (secondary N) is 1. The Kier molecular flexibility index (Phi) is 4.11. The minimum Gasteiger partial charge on any atom is -0.391 e. The van der Waals surface area contributed by atoms with Gasteiger partial charge in [-0.25, -0.2) is 4.79 Å². The number of β-amino-alcohol motifs (C(OH)–C–C–N with tert-alkyl or cyclic N) is 1. The normalized spacial score (nSPS) is 21.1. The number of nitrogens with zero attached hydrogens (tertiary/aromatic N) is 2. The minimum absolute atomic E-state index is 0.0483. The summed E-state index contributed by atoms with van der Waals surface area (Å²) in [6.07, 6.45) is 0.250. The van der Waals surface area contributed by atoms with Crippen molar-refractivity contribution in [1.82, 2.24) is 10.1 Å². The SMILES string of the molecule is Cc1cc(NC(=O)N2C[C@@H](Cc3ccccc3)[C@H](O)C2)no1. The number of hydrogen-bond acceptors (Lipinski definition) is 4. The van der Waals surface area contributed by atoms with E-state index in [1.807, 2.05) is 30.3 Å². The third-order valence-electron chi connectivity index (χ3n) is 3.90. The predicted molar refractivity (Wildman–Crippen MR) is 81.5 cm³/mol. The zero-order valence-electron chi connectivity index (χ0n) is 12.4. The molecule has 3 rings (SSSR count). The summed E-state index contributed by atoms with van der Waals surface area (Å²) in [5, 5.41) is 16.6. The Morgan fingerprint density at radius 2 is 2.18 bits per heavy atom. The van der Waals surface area contributed by atoms with Gasteiger partial charge in [0.1, 0.15) is 5.76 Å². The zero-order chi connectivity index (χ0) is 15.5. The molecule has 116 valence electrons. The summed E-state index contributed by atoms with van der Waals surface area (Å²) in [6, 6.07) is 11.4. The van der Waals surface area contributed by atoms with Gasteiger partial charge in [0.25, 0.3) is 0 Å². The molecular weight excluding hydrogens is 282 g/mol. The van der Waals surface area contributed by atoms with Gasteiger partial charge in [-0.1, -0.05) is 35.5 Å². The van der Waals surface area contributed by atoms with Crippen molar-refractivity contribution in [2.75, 3.05) is 18.4 Å². The first-order valence-corrected chi connectivity index (χ1v) is 7.33. The van der Waals surface area contributed by atoms with E-state index in [1.54, 1.807) is 17.9 Å². The van der Waals surface area contributed by atoms with Crippen molar-refractivity contribution in [3.05, 3.63) is 47.7 Å². The standard InChI is InChI=1S/C16H19N3O3/c1-11-7-15(18-22-11)17-16(21)19-9-13(14(20)10-19)8-12-5-3-2-4-6-12/h2-7,13-14,20H,8-10H2,1H3,(H,17,18,21)/t13-,14-/m1/s1.